The third-order valence-electron chi connectivity index (χ3n) is 4.48. The Hall–Kier alpha value is -2.95. The maximum atomic E-state index is 13.5. The number of nitrogens with one attached hydrogen (secondary N) is 2. The Kier molecular flexibility index (Phi) is 3.23. The number of rotatable bonds is 3. The number of hydrogen-bond acceptors (Lipinski definition) is 2. The molecule has 1 saturated carbocycles. The lowest BCUT2D eigenvalue weighted by atomic mass is 10.0. The number of hydrogen-bond donors (Lipinski definition) is 2. The number of fused-ring (bicyclic) bond motifs is 1. The molecule has 1 fully saturated rings. The molecule has 2 aromatic carbocycles. The van der Waals surface area contributed by atoms with Gasteiger partial charge >= 0.3 is 0 Å². The number of benzene rings is 2. The van der Waals surface area contributed by atoms with Crippen LogP contribution in [-0.4, -0.2) is 10.9 Å². The summed E-state index contributed by atoms with van der Waals surface area (Å²) >= 11 is 0. The second-order valence-corrected chi connectivity index (χ2v) is 6.15. The summed E-state index contributed by atoms with van der Waals surface area (Å²) in [5.74, 6) is -0.688. The Morgan fingerprint density at radius 2 is 1.88 bits per heavy atom. The molecule has 3 aromatic rings. The van der Waals surface area contributed by atoms with E-state index in [9.17, 15) is 14.0 Å². The molecular formula is C19H15FN2O2. The van der Waals surface area contributed by atoms with Crippen molar-refractivity contribution in [1.29, 1.82) is 0 Å². The molecular weight excluding hydrogens is 307 g/mol. The van der Waals surface area contributed by atoms with Crippen LogP contribution in [0.5, 0.6) is 0 Å². The summed E-state index contributed by atoms with van der Waals surface area (Å²) in [6.07, 6.45) is 1.50. The van der Waals surface area contributed by atoms with Crippen molar-refractivity contribution < 1.29 is 9.18 Å². The Balaban J connectivity index is 1.66. The van der Waals surface area contributed by atoms with E-state index < -0.39 is 5.54 Å². The summed E-state index contributed by atoms with van der Waals surface area (Å²) in [6.45, 7) is 0. The van der Waals surface area contributed by atoms with E-state index in [4.69, 9.17) is 0 Å². The van der Waals surface area contributed by atoms with E-state index in [1.54, 1.807) is 36.4 Å². The number of H-pyrrole nitrogens is 1. The molecule has 120 valence electrons. The monoisotopic (exact) mass is 322 g/mol. The molecule has 1 amide bonds. The zero-order valence-corrected chi connectivity index (χ0v) is 12.8. The topological polar surface area (TPSA) is 62.0 Å². The first-order valence-corrected chi connectivity index (χ1v) is 7.78. The molecule has 0 spiro atoms. The van der Waals surface area contributed by atoms with Gasteiger partial charge in [-0.25, -0.2) is 4.39 Å². The quantitative estimate of drug-likeness (QED) is 0.778. The number of carbonyl (C=O) groups is 1. The highest BCUT2D eigenvalue weighted by atomic mass is 19.1. The predicted octanol–water partition coefficient (Wildman–Crippen LogP) is 3.09. The molecule has 1 aromatic heterocycles. The number of aromatic nitrogens is 1. The Labute approximate surface area is 137 Å². The molecule has 0 radical (unpaired) electrons. The van der Waals surface area contributed by atoms with Gasteiger partial charge in [0.15, 0.2) is 0 Å². The summed E-state index contributed by atoms with van der Waals surface area (Å²) in [4.78, 5) is 27.3. The summed E-state index contributed by atoms with van der Waals surface area (Å²) in [5.41, 5.74) is 0.121. The zero-order valence-electron chi connectivity index (χ0n) is 12.8. The third-order valence-corrected chi connectivity index (χ3v) is 4.48. The Morgan fingerprint density at radius 1 is 1.08 bits per heavy atom. The van der Waals surface area contributed by atoms with Gasteiger partial charge in [-0.15, -0.1) is 0 Å². The molecule has 0 atom stereocenters. The SMILES string of the molecule is O=C(NC1(c2cccc(F)c2)CC1)c1cc2ccccc2c(=O)[nH]1. The average Bonchev–Trinajstić information content (AvgIpc) is 3.35. The fraction of sp³-hybridized carbons (Fsp3) is 0.158. The Bertz CT molecular complexity index is 1010. The van der Waals surface area contributed by atoms with Crippen LogP contribution in [0.2, 0.25) is 0 Å². The van der Waals surface area contributed by atoms with Crippen LogP contribution in [0.25, 0.3) is 10.8 Å². The maximum absolute atomic E-state index is 13.5. The fourth-order valence-corrected chi connectivity index (χ4v) is 3.01. The molecule has 0 aliphatic heterocycles. The highest BCUT2D eigenvalue weighted by Crippen LogP contribution is 2.45. The average molecular weight is 322 g/mol. The van der Waals surface area contributed by atoms with Gasteiger partial charge in [-0.05, 0) is 48.1 Å². The van der Waals surface area contributed by atoms with Crippen molar-refractivity contribution in [3.05, 3.63) is 82.0 Å². The molecule has 1 aliphatic carbocycles. The number of amides is 1. The van der Waals surface area contributed by atoms with Crippen molar-refractivity contribution in [3.63, 3.8) is 0 Å². The van der Waals surface area contributed by atoms with Crippen LogP contribution < -0.4 is 10.9 Å². The van der Waals surface area contributed by atoms with E-state index in [-0.39, 0.29) is 23.0 Å². The van der Waals surface area contributed by atoms with Gasteiger partial charge in [0.1, 0.15) is 11.5 Å². The molecule has 0 bridgehead atoms. The minimum absolute atomic E-state index is 0.210. The first-order valence-electron chi connectivity index (χ1n) is 7.78. The van der Waals surface area contributed by atoms with E-state index >= 15 is 0 Å². The number of halogens is 1. The van der Waals surface area contributed by atoms with Gasteiger partial charge in [0.2, 0.25) is 0 Å². The van der Waals surface area contributed by atoms with Gasteiger partial charge in [0, 0.05) is 5.39 Å². The molecule has 4 rings (SSSR count). The van der Waals surface area contributed by atoms with E-state index in [0.29, 0.717) is 10.8 Å². The van der Waals surface area contributed by atoms with E-state index in [1.807, 2.05) is 6.07 Å². The van der Waals surface area contributed by atoms with Crippen LogP contribution in [0.15, 0.2) is 59.4 Å². The maximum Gasteiger partial charge on any atom is 0.268 e. The number of carbonyl (C=O) groups excluding carboxylic acids is 1. The van der Waals surface area contributed by atoms with Crippen molar-refractivity contribution in [2.24, 2.45) is 0 Å². The second kappa shape index (κ2) is 5.30. The van der Waals surface area contributed by atoms with Crippen molar-refractivity contribution >= 4 is 16.7 Å². The predicted molar refractivity (Wildman–Crippen MR) is 89.3 cm³/mol. The van der Waals surface area contributed by atoms with Crippen LogP contribution >= 0.6 is 0 Å². The van der Waals surface area contributed by atoms with Gasteiger partial charge in [0.25, 0.3) is 11.5 Å². The second-order valence-electron chi connectivity index (χ2n) is 6.15. The van der Waals surface area contributed by atoms with E-state index in [0.717, 1.165) is 18.4 Å². The minimum Gasteiger partial charge on any atom is -0.341 e. The van der Waals surface area contributed by atoms with Crippen LogP contribution in [-0.2, 0) is 5.54 Å². The van der Waals surface area contributed by atoms with Gasteiger partial charge in [-0.2, -0.15) is 0 Å². The lowest BCUT2D eigenvalue weighted by Gasteiger charge is -2.18. The van der Waals surface area contributed by atoms with Crippen molar-refractivity contribution in [3.8, 4) is 0 Å². The molecule has 0 unspecified atom stereocenters. The standard InChI is InChI=1S/C19H15FN2O2/c20-14-6-3-5-13(11-14)19(8-9-19)22-18(24)16-10-12-4-1-2-7-15(12)17(23)21-16/h1-7,10-11H,8-9H2,(H,21,23)(H,22,24). The van der Waals surface area contributed by atoms with Crippen molar-refractivity contribution in [2.45, 2.75) is 18.4 Å². The summed E-state index contributed by atoms with van der Waals surface area (Å²) in [7, 11) is 0. The highest BCUT2D eigenvalue weighted by molar-refractivity contribution is 5.96. The van der Waals surface area contributed by atoms with Gasteiger partial charge in [0.05, 0.1) is 5.54 Å². The first kappa shape index (κ1) is 14.6. The largest absolute Gasteiger partial charge is 0.341 e. The first-order chi connectivity index (χ1) is 11.6. The molecule has 1 heterocycles. The lowest BCUT2D eigenvalue weighted by Crippen LogP contribution is -2.36. The van der Waals surface area contributed by atoms with Crippen molar-refractivity contribution in [2.75, 3.05) is 0 Å². The smallest absolute Gasteiger partial charge is 0.268 e. The normalized spacial score (nSPS) is 15.2. The van der Waals surface area contributed by atoms with Crippen molar-refractivity contribution in [1.82, 2.24) is 10.3 Å². The molecule has 1 aliphatic rings. The lowest BCUT2D eigenvalue weighted by molar-refractivity contribution is 0.0925. The van der Waals surface area contributed by atoms with Crippen LogP contribution in [0.1, 0.15) is 28.9 Å². The number of aromatic amines is 1. The molecule has 24 heavy (non-hydrogen) atoms. The summed E-state index contributed by atoms with van der Waals surface area (Å²) in [5, 5.41) is 4.20. The molecule has 4 nitrogen and oxygen atoms in total. The van der Waals surface area contributed by atoms with Gasteiger partial charge in [-0.1, -0.05) is 30.3 Å². The molecule has 2 N–H and O–H groups in total. The van der Waals surface area contributed by atoms with Gasteiger partial charge < -0.3 is 10.3 Å². The van der Waals surface area contributed by atoms with Crippen LogP contribution in [0.4, 0.5) is 4.39 Å². The van der Waals surface area contributed by atoms with Crippen LogP contribution in [0.3, 0.4) is 0 Å². The zero-order chi connectivity index (χ0) is 16.7. The number of pyridine rings is 1. The highest BCUT2D eigenvalue weighted by Gasteiger charge is 2.46. The minimum atomic E-state index is -0.540. The molecule has 5 heteroatoms. The fourth-order valence-electron chi connectivity index (χ4n) is 3.01. The van der Waals surface area contributed by atoms with Gasteiger partial charge in [-0.3, -0.25) is 9.59 Å². The van der Waals surface area contributed by atoms with Crippen LogP contribution in [0, 0.1) is 5.82 Å². The molecule has 0 saturated heterocycles. The van der Waals surface area contributed by atoms with E-state index in [2.05, 4.69) is 10.3 Å². The summed E-state index contributed by atoms with van der Waals surface area (Å²) in [6, 6.07) is 15.0. The van der Waals surface area contributed by atoms with E-state index in [1.165, 1.54) is 12.1 Å². The Morgan fingerprint density at radius 3 is 2.62 bits per heavy atom. The summed E-state index contributed by atoms with van der Waals surface area (Å²) < 4.78 is 13.5. The third kappa shape index (κ3) is 2.48.